The second kappa shape index (κ2) is 2.91. The largest absolute Gasteiger partial charge is 0.349 e. The Morgan fingerprint density at radius 1 is 1.38 bits per heavy atom. The van der Waals surface area contributed by atoms with E-state index in [1.807, 2.05) is 12.1 Å². The maximum absolute atomic E-state index is 10.6. The van der Waals surface area contributed by atoms with E-state index in [-0.39, 0.29) is 11.9 Å². The molecule has 13 heavy (non-hydrogen) atoms. The van der Waals surface area contributed by atoms with Crippen molar-refractivity contribution in [3.63, 3.8) is 0 Å². The third-order valence-corrected chi connectivity index (χ3v) is 2.17. The predicted molar refractivity (Wildman–Crippen MR) is 46.7 cm³/mol. The molecule has 0 aliphatic carbocycles. The maximum Gasteiger partial charge on any atom is 0.222 e. The maximum atomic E-state index is 10.6. The van der Waals surface area contributed by atoms with Gasteiger partial charge in [-0.3, -0.25) is 4.79 Å². The van der Waals surface area contributed by atoms with Gasteiger partial charge in [0.1, 0.15) is 0 Å². The number of hydrogen-bond acceptors (Lipinski definition) is 2. The minimum Gasteiger partial charge on any atom is -0.349 e. The minimum atomic E-state index is 0.0920. The van der Waals surface area contributed by atoms with Gasteiger partial charge in [0.25, 0.3) is 0 Å². The molecule has 0 bridgehead atoms. The van der Waals surface area contributed by atoms with E-state index < -0.39 is 0 Å². The van der Waals surface area contributed by atoms with Crippen LogP contribution in [0, 0.1) is 11.3 Å². The average molecular weight is 172 g/mol. The fourth-order valence-corrected chi connectivity index (χ4v) is 1.35. The molecule has 1 atom stereocenters. The van der Waals surface area contributed by atoms with E-state index in [1.165, 1.54) is 0 Å². The number of rotatable bonds is 1. The quantitative estimate of drug-likeness (QED) is 0.645. The summed E-state index contributed by atoms with van der Waals surface area (Å²) in [5.74, 6) is 0.0920. The summed E-state index contributed by atoms with van der Waals surface area (Å²) >= 11 is 0. The highest BCUT2D eigenvalue weighted by Gasteiger charge is 2.26. The molecular weight excluding hydrogens is 164 g/mol. The lowest BCUT2D eigenvalue weighted by Crippen LogP contribution is -2.41. The van der Waals surface area contributed by atoms with Crippen LogP contribution < -0.4 is 5.32 Å². The topological polar surface area (TPSA) is 52.9 Å². The van der Waals surface area contributed by atoms with E-state index in [4.69, 9.17) is 5.26 Å². The number of carbonyl (C=O) groups is 1. The van der Waals surface area contributed by atoms with E-state index in [2.05, 4.69) is 11.4 Å². The first-order valence-corrected chi connectivity index (χ1v) is 4.09. The van der Waals surface area contributed by atoms with Crippen molar-refractivity contribution in [2.24, 2.45) is 0 Å². The molecule has 1 N–H and O–H groups in total. The minimum absolute atomic E-state index is 0.0920. The molecule has 0 aromatic heterocycles. The van der Waals surface area contributed by atoms with Gasteiger partial charge in [-0.05, 0) is 17.7 Å². The molecule has 1 heterocycles. The highest BCUT2D eigenvalue weighted by molar-refractivity contribution is 5.83. The van der Waals surface area contributed by atoms with Crippen LogP contribution in [0.1, 0.15) is 23.6 Å². The predicted octanol–water partition coefficient (Wildman–Crippen LogP) is 1.12. The van der Waals surface area contributed by atoms with Crippen molar-refractivity contribution < 1.29 is 4.79 Å². The van der Waals surface area contributed by atoms with Crippen LogP contribution >= 0.6 is 0 Å². The van der Waals surface area contributed by atoms with Gasteiger partial charge in [-0.25, -0.2) is 0 Å². The zero-order chi connectivity index (χ0) is 9.26. The Morgan fingerprint density at radius 2 is 2.00 bits per heavy atom. The second-order valence-electron chi connectivity index (χ2n) is 3.06. The molecule has 1 aliphatic heterocycles. The monoisotopic (exact) mass is 172 g/mol. The molecule has 1 unspecified atom stereocenters. The molecule has 64 valence electrons. The fraction of sp³-hybridized carbons (Fsp3) is 0.200. The molecule has 3 nitrogen and oxygen atoms in total. The fourth-order valence-electron chi connectivity index (χ4n) is 1.35. The van der Waals surface area contributed by atoms with Crippen LogP contribution in [0.4, 0.5) is 0 Å². The van der Waals surface area contributed by atoms with Gasteiger partial charge in [0.2, 0.25) is 5.91 Å². The number of nitriles is 1. The first-order chi connectivity index (χ1) is 6.29. The SMILES string of the molecule is N#Cc1ccc(C2CC(=O)N2)cc1. The lowest BCUT2D eigenvalue weighted by Gasteiger charge is -2.27. The molecule has 1 saturated heterocycles. The van der Waals surface area contributed by atoms with Gasteiger partial charge in [0.15, 0.2) is 0 Å². The number of nitrogens with one attached hydrogen (secondary N) is 1. The Balaban J connectivity index is 2.15. The normalized spacial score (nSPS) is 19.9. The summed E-state index contributed by atoms with van der Waals surface area (Å²) < 4.78 is 0. The zero-order valence-corrected chi connectivity index (χ0v) is 6.95. The van der Waals surface area contributed by atoms with Crippen molar-refractivity contribution in [1.82, 2.24) is 5.32 Å². The van der Waals surface area contributed by atoms with Crippen LogP contribution in [-0.2, 0) is 4.79 Å². The van der Waals surface area contributed by atoms with Gasteiger partial charge in [-0.15, -0.1) is 0 Å². The molecule has 2 rings (SSSR count). The van der Waals surface area contributed by atoms with Crippen molar-refractivity contribution >= 4 is 5.91 Å². The molecule has 0 saturated carbocycles. The summed E-state index contributed by atoms with van der Waals surface area (Å²) in [6.07, 6.45) is 0.561. The van der Waals surface area contributed by atoms with Gasteiger partial charge in [-0.2, -0.15) is 5.26 Å². The number of hydrogen-bond donors (Lipinski definition) is 1. The summed E-state index contributed by atoms with van der Waals surface area (Å²) in [4.78, 5) is 10.6. The van der Waals surface area contributed by atoms with Gasteiger partial charge < -0.3 is 5.32 Å². The summed E-state index contributed by atoms with van der Waals surface area (Å²) in [5.41, 5.74) is 1.72. The molecule has 1 aromatic rings. The molecule has 0 spiro atoms. The number of amides is 1. The lowest BCUT2D eigenvalue weighted by atomic mass is 9.96. The van der Waals surface area contributed by atoms with E-state index in [9.17, 15) is 4.79 Å². The zero-order valence-electron chi connectivity index (χ0n) is 6.95. The van der Waals surface area contributed by atoms with E-state index in [0.29, 0.717) is 12.0 Å². The van der Waals surface area contributed by atoms with Crippen LogP contribution in [0.15, 0.2) is 24.3 Å². The molecule has 1 fully saturated rings. The van der Waals surface area contributed by atoms with Gasteiger partial charge >= 0.3 is 0 Å². The van der Waals surface area contributed by atoms with Gasteiger partial charge in [-0.1, -0.05) is 12.1 Å². The first kappa shape index (κ1) is 7.81. The highest BCUT2D eigenvalue weighted by atomic mass is 16.2. The van der Waals surface area contributed by atoms with Crippen LogP contribution in [0.3, 0.4) is 0 Å². The summed E-state index contributed by atoms with van der Waals surface area (Å²) in [6, 6.07) is 9.49. The smallest absolute Gasteiger partial charge is 0.222 e. The van der Waals surface area contributed by atoms with Gasteiger partial charge in [0.05, 0.1) is 24.1 Å². The average Bonchev–Trinajstić information content (AvgIpc) is 2.13. The third-order valence-electron chi connectivity index (χ3n) is 2.17. The highest BCUT2D eigenvalue weighted by Crippen LogP contribution is 2.23. The van der Waals surface area contributed by atoms with Gasteiger partial charge in [0, 0.05) is 0 Å². The molecule has 1 amide bonds. The molecule has 3 heteroatoms. The van der Waals surface area contributed by atoms with Crippen LogP contribution in [-0.4, -0.2) is 5.91 Å². The lowest BCUT2D eigenvalue weighted by molar-refractivity contribution is -0.128. The van der Waals surface area contributed by atoms with Crippen LogP contribution in [0.2, 0.25) is 0 Å². The standard InChI is InChI=1S/C10H8N2O/c11-6-7-1-3-8(4-2-7)9-5-10(13)12-9/h1-4,9H,5H2,(H,12,13). The first-order valence-electron chi connectivity index (χ1n) is 4.09. The Kier molecular flexibility index (Phi) is 1.75. The second-order valence-corrected chi connectivity index (χ2v) is 3.06. The number of β-lactam (4-membered cyclic amide) rings is 1. The molecule has 0 radical (unpaired) electrons. The van der Waals surface area contributed by atoms with Crippen molar-refractivity contribution in [3.05, 3.63) is 35.4 Å². The number of carbonyl (C=O) groups excluding carboxylic acids is 1. The van der Waals surface area contributed by atoms with E-state index >= 15 is 0 Å². The third kappa shape index (κ3) is 1.38. The van der Waals surface area contributed by atoms with Crippen molar-refractivity contribution in [1.29, 1.82) is 5.26 Å². The Bertz CT molecular complexity index is 367. The van der Waals surface area contributed by atoms with E-state index in [1.54, 1.807) is 12.1 Å². The molecule has 1 aromatic carbocycles. The summed E-state index contributed by atoms with van der Waals surface area (Å²) in [6.45, 7) is 0. The Morgan fingerprint density at radius 3 is 2.46 bits per heavy atom. The Hall–Kier alpha value is -1.82. The van der Waals surface area contributed by atoms with E-state index in [0.717, 1.165) is 5.56 Å². The number of nitrogens with zero attached hydrogens (tertiary/aromatic N) is 1. The van der Waals surface area contributed by atoms with Crippen LogP contribution in [0.25, 0.3) is 0 Å². The van der Waals surface area contributed by atoms with Crippen molar-refractivity contribution in [3.8, 4) is 6.07 Å². The molecule has 1 aliphatic rings. The summed E-state index contributed by atoms with van der Waals surface area (Å²) in [5, 5.41) is 11.3. The van der Waals surface area contributed by atoms with Crippen molar-refractivity contribution in [2.75, 3.05) is 0 Å². The Labute approximate surface area is 76.0 Å². The molecular formula is C10H8N2O. The van der Waals surface area contributed by atoms with Crippen LogP contribution in [0.5, 0.6) is 0 Å². The summed E-state index contributed by atoms with van der Waals surface area (Å²) in [7, 11) is 0. The van der Waals surface area contributed by atoms with Crippen molar-refractivity contribution in [2.45, 2.75) is 12.5 Å². The number of benzene rings is 1.